The molecule has 2 atom stereocenters. The molecule has 2 unspecified atom stereocenters. The Kier molecular flexibility index (Phi) is 4.68. The smallest absolute Gasteiger partial charge is 0.0923 e. The maximum absolute atomic E-state index is 10.6. The number of β-amino-alcohol motifs (C(OH)–C–C–N with tert-alkyl or cyclic N) is 1. The molecule has 2 aliphatic rings. The van der Waals surface area contributed by atoms with Crippen LogP contribution in [-0.2, 0) is 0 Å². The summed E-state index contributed by atoms with van der Waals surface area (Å²) >= 11 is 0. The molecule has 1 saturated heterocycles. The van der Waals surface area contributed by atoms with Gasteiger partial charge in [-0.2, -0.15) is 0 Å². The Morgan fingerprint density at radius 3 is 2.50 bits per heavy atom. The second-order valence-electron chi connectivity index (χ2n) is 6.79. The maximum Gasteiger partial charge on any atom is 0.0923 e. The van der Waals surface area contributed by atoms with Crippen LogP contribution in [-0.4, -0.2) is 41.8 Å². The highest BCUT2D eigenvalue weighted by atomic mass is 16.3. The monoisotopic (exact) mass is 254 g/mol. The van der Waals surface area contributed by atoms with Gasteiger partial charge in [-0.1, -0.05) is 13.8 Å². The Bertz CT molecular complexity index is 265. The van der Waals surface area contributed by atoms with Crippen LogP contribution in [0.4, 0.5) is 0 Å². The van der Waals surface area contributed by atoms with E-state index < -0.39 is 5.60 Å². The summed E-state index contributed by atoms with van der Waals surface area (Å²) in [6, 6.07) is 0. The summed E-state index contributed by atoms with van der Waals surface area (Å²) in [6.45, 7) is 8.15. The minimum absolute atomic E-state index is 0.418. The van der Waals surface area contributed by atoms with E-state index in [0.717, 1.165) is 44.3 Å². The molecule has 3 nitrogen and oxygen atoms in total. The van der Waals surface area contributed by atoms with Crippen molar-refractivity contribution in [2.45, 2.75) is 51.6 Å². The van der Waals surface area contributed by atoms with Gasteiger partial charge in [0, 0.05) is 13.1 Å². The predicted molar refractivity (Wildman–Crippen MR) is 75.3 cm³/mol. The number of nitrogens with two attached hydrogens (primary N) is 1. The molecular weight excluding hydrogens is 224 g/mol. The van der Waals surface area contributed by atoms with Crippen molar-refractivity contribution in [3.63, 3.8) is 0 Å². The van der Waals surface area contributed by atoms with Gasteiger partial charge in [0.1, 0.15) is 0 Å². The van der Waals surface area contributed by atoms with Crippen molar-refractivity contribution in [1.82, 2.24) is 4.90 Å². The zero-order chi connectivity index (χ0) is 13.2. The van der Waals surface area contributed by atoms with Crippen LogP contribution in [0.3, 0.4) is 0 Å². The first kappa shape index (κ1) is 14.3. The van der Waals surface area contributed by atoms with Crippen LogP contribution < -0.4 is 5.73 Å². The van der Waals surface area contributed by atoms with Crippen molar-refractivity contribution >= 4 is 0 Å². The zero-order valence-corrected chi connectivity index (χ0v) is 12.1. The largest absolute Gasteiger partial charge is 0.387 e. The van der Waals surface area contributed by atoms with Gasteiger partial charge in [-0.05, 0) is 62.9 Å². The fraction of sp³-hybridized carbons (Fsp3) is 1.00. The standard InChI is InChI=1S/C15H30N2O/c1-12(2)13-4-3-8-17(9-7-13)11-15(18,10-16)14-5-6-14/h12-14,18H,3-11,16H2,1-2H3. The number of likely N-dealkylation sites (tertiary alicyclic amines) is 1. The highest BCUT2D eigenvalue weighted by Gasteiger charge is 2.43. The fourth-order valence-corrected chi connectivity index (χ4v) is 3.37. The van der Waals surface area contributed by atoms with E-state index in [1.54, 1.807) is 0 Å². The average Bonchev–Trinajstić information content (AvgIpc) is 3.16. The van der Waals surface area contributed by atoms with Crippen molar-refractivity contribution in [3.8, 4) is 0 Å². The molecule has 2 rings (SSSR count). The van der Waals surface area contributed by atoms with Crippen molar-refractivity contribution < 1.29 is 5.11 Å². The van der Waals surface area contributed by atoms with E-state index in [1.165, 1.54) is 19.3 Å². The lowest BCUT2D eigenvalue weighted by Crippen LogP contribution is -2.50. The molecule has 0 spiro atoms. The lowest BCUT2D eigenvalue weighted by molar-refractivity contribution is -0.00778. The Morgan fingerprint density at radius 1 is 1.22 bits per heavy atom. The van der Waals surface area contributed by atoms with E-state index in [0.29, 0.717) is 12.5 Å². The Labute approximate surface area is 112 Å². The summed E-state index contributed by atoms with van der Waals surface area (Å²) in [5.74, 6) is 2.12. The van der Waals surface area contributed by atoms with E-state index in [-0.39, 0.29) is 0 Å². The van der Waals surface area contributed by atoms with Crippen LogP contribution in [0, 0.1) is 17.8 Å². The second kappa shape index (κ2) is 5.89. The molecular formula is C15H30N2O. The highest BCUT2D eigenvalue weighted by Crippen LogP contribution is 2.40. The van der Waals surface area contributed by atoms with Gasteiger partial charge >= 0.3 is 0 Å². The first-order valence-electron chi connectivity index (χ1n) is 7.70. The number of aliphatic hydroxyl groups is 1. The molecule has 3 N–H and O–H groups in total. The maximum atomic E-state index is 10.6. The lowest BCUT2D eigenvalue weighted by Gasteiger charge is -2.33. The summed E-state index contributed by atoms with van der Waals surface area (Å²) in [6.07, 6.45) is 6.22. The van der Waals surface area contributed by atoms with Crippen LogP contribution in [0.2, 0.25) is 0 Å². The summed E-state index contributed by atoms with van der Waals surface area (Å²) in [4.78, 5) is 2.45. The van der Waals surface area contributed by atoms with Gasteiger partial charge < -0.3 is 15.7 Å². The van der Waals surface area contributed by atoms with Gasteiger partial charge in [0.25, 0.3) is 0 Å². The topological polar surface area (TPSA) is 49.5 Å². The molecule has 0 bridgehead atoms. The molecule has 1 heterocycles. The van der Waals surface area contributed by atoms with Crippen LogP contribution in [0.25, 0.3) is 0 Å². The third-order valence-electron chi connectivity index (χ3n) is 5.00. The summed E-state index contributed by atoms with van der Waals surface area (Å²) in [7, 11) is 0. The average molecular weight is 254 g/mol. The first-order chi connectivity index (χ1) is 8.55. The lowest BCUT2D eigenvalue weighted by atomic mass is 9.89. The zero-order valence-electron chi connectivity index (χ0n) is 12.1. The number of hydrogen-bond acceptors (Lipinski definition) is 3. The van der Waals surface area contributed by atoms with Gasteiger partial charge in [0.05, 0.1) is 5.60 Å². The van der Waals surface area contributed by atoms with Crippen molar-refractivity contribution in [2.75, 3.05) is 26.2 Å². The van der Waals surface area contributed by atoms with Crippen molar-refractivity contribution in [3.05, 3.63) is 0 Å². The van der Waals surface area contributed by atoms with E-state index in [4.69, 9.17) is 5.73 Å². The van der Waals surface area contributed by atoms with Gasteiger partial charge in [-0.25, -0.2) is 0 Å². The number of hydrogen-bond donors (Lipinski definition) is 2. The molecule has 18 heavy (non-hydrogen) atoms. The Morgan fingerprint density at radius 2 is 1.94 bits per heavy atom. The molecule has 0 aromatic heterocycles. The molecule has 0 radical (unpaired) electrons. The molecule has 2 fully saturated rings. The second-order valence-corrected chi connectivity index (χ2v) is 6.79. The third kappa shape index (κ3) is 3.46. The normalized spacial score (nSPS) is 30.2. The molecule has 0 aromatic carbocycles. The SMILES string of the molecule is CC(C)C1CCCN(CC(O)(CN)C2CC2)CC1. The summed E-state index contributed by atoms with van der Waals surface area (Å²) < 4.78 is 0. The predicted octanol–water partition coefficient (Wildman–Crippen LogP) is 1.84. The van der Waals surface area contributed by atoms with Crippen LogP contribution in [0.1, 0.15) is 46.0 Å². The minimum atomic E-state index is -0.613. The Balaban J connectivity index is 1.86. The molecule has 0 aromatic rings. The first-order valence-corrected chi connectivity index (χ1v) is 7.70. The van der Waals surface area contributed by atoms with Gasteiger partial charge in [0.15, 0.2) is 0 Å². The van der Waals surface area contributed by atoms with Crippen LogP contribution in [0.15, 0.2) is 0 Å². The summed E-state index contributed by atoms with van der Waals surface area (Å²) in [5, 5.41) is 10.6. The number of rotatable bonds is 5. The van der Waals surface area contributed by atoms with E-state index >= 15 is 0 Å². The van der Waals surface area contributed by atoms with Gasteiger partial charge in [-0.3, -0.25) is 0 Å². The molecule has 1 aliphatic carbocycles. The quantitative estimate of drug-likeness (QED) is 0.787. The molecule has 1 aliphatic heterocycles. The highest BCUT2D eigenvalue weighted by molar-refractivity contribution is 4.97. The molecule has 3 heteroatoms. The Hall–Kier alpha value is -0.120. The van der Waals surface area contributed by atoms with Gasteiger partial charge in [-0.15, -0.1) is 0 Å². The molecule has 0 amide bonds. The molecule has 106 valence electrons. The van der Waals surface area contributed by atoms with Crippen molar-refractivity contribution in [1.29, 1.82) is 0 Å². The summed E-state index contributed by atoms with van der Waals surface area (Å²) in [5.41, 5.74) is 5.19. The minimum Gasteiger partial charge on any atom is -0.387 e. The van der Waals surface area contributed by atoms with E-state index in [9.17, 15) is 5.11 Å². The van der Waals surface area contributed by atoms with Gasteiger partial charge in [0.2, 0.25) is 0 Å². The van der Waals surface area contributed by atoms with Crippen LogP contribution >= 0.6 is 0 Å². The third-order valence-corrected chi connectivity index (χ3v) is 5.00. The van der Waals surface area contributed by atoms with E-state index in [1.807, 2.05) is 0 Å². The van der Waals surface area contributed by atoms with Crippen molar-refractivity contribution in [2.24, 2.45) is 23.5 Å². The van der Waals surface area contributed by atoms with E-state index in [2.05, 4.69) is 18.7 Å². The van der Waals surface area contributed by atoms with Crippen LogP contribution in [0.5, 0.6) is 0 Å². The number of nitrogens with zero attached hydrogens (tertiary/aromatic N) is 1. The molecule has 1 saturated carbocycles. The fourth-order valence-electron chi connectivity index (χ4n) is 3.37.